The van der Waals surface area contributed by atoms with Gasteiger partial charge in [0.1, 0.15) is 6.04 Å². The zero-order valence-electron chi connectivity index (χ0n) is 21.5. The van der Waals surface area contributed by atoms with Crippen molar-refractivity contribution in [3.63, 3.8) is 0 Å². The van der Waals surface area contributed by atoms with Gasteiger partial charge in [-0.15, -0.1) is 11.8 Å². The number of carbonyl (C=O) groups excluding carboxylic acids is 2. The van der Waals surface area contributed by atoms with E-state index in [0.717, 1.165) is 22.3 Å². The maximum Gasteiger partial charge on any atom is 0.243 e. The van der Waals surface area contributed by atoms with Crippen LogP contribution in [-0.4, -0.2) is 34.0 Å². The lowest BCUT2D eigenvalue weighted by molar-refractivity contribution is -0.140. The summed E-state index contributed by atoms with van der Waals surface area (Å²) >= 11 is 7.82. The molecule has 4 nitrogen and oxygen atoms in total. The predicted octanol–water partition coefficient (Wildman–Crippen LogP) is 6.44. The van der Waals surface area contributed by atoms with Crippen molar-refractivity contribution in [2.45, 2.75) is 58.0 Å². The summed E-state index contributed by atoms with van der Waals surface area (Å²) in [5.41, 5.74) is 3.71. The first-order valence-corrected chi connectivity index (χ1v) is 13.7. The van der Waals surface area contributed by atoms with Crippen molar-refractivity contribution >= 4 is 35.2 Å². The van der Waals surface area contributed by atoms with Crippen LogP contribution in [-0.2, 0) is 28.3 Å². The Bertz CT molecular complexity index is 1160. The van der Waals surface area contributed by atoms with Gasteiger partial charge in [0, 0.05) is 29.3 Å². The summed E-state index contributed by atoms with van der Waals surface area (Å²) in [5.74, 6) is 0.661. The summed E-state index contributed by atoms with van der Waals surface area (Å²) in [6, 6.07) is 25.0. The van der Waals surface area contributed by atoms with Crippen LogP contribution in [0.5, 0.6) is 0 Å². The first kappa shape index (κ1) is 27.8. The van der Waals surface area contributed by atoms with E-state index in [4.69, 9.17) is 11.6 Å². The molecule has 0 heterocycles. The minimum atomic E-state index is -0.638. The van der Waals surface area contributed by atoms with Crippen LogP contribution in [0, 0.1) is 6.92 Å². The number of thioether (sulfide) groups is 1. The Morgan fingerprint density at radius 2 is 1.61 bits per heavy atom. The largest absolute Gasteiger partial charge is 0.350 e. The molecule has 2 amide bonds. The minimum Gasteiger partial charge on any atom is -0.350 e. The standard InChI is InChI=1S/C30H35ClN2O2S/c1-22-11-10-14-24(17-22)19-33(28(34)21-36-20-25-15-8-9-16-26(25)31)27(29(35)32-30(2,3)4)18-23-12-6-5-7-13-23/h5-17,27H,18-21H2,1-4H3,(H,32,35). The van der Waals surface area contributed by atoms with Crippen LogP contribution in [0.25, 0.3) is 0 Å². The van der Waals surface area contributed by atoms with Crippen molar-refractivity contribution in [2.75, 3.05) is 5.75 Å². The smallest absolute Gasteiger partial charge is 0.243 e. The summed E-state index contributed by atoms with van der Waals surface area (Å²) in [7, 11) is 0. The molecule has 0 fully saturated rings. The Balaban J connectivity index is 1.88. The highest BCUT2D eigenvalue weighted by Gasteiger charge is 2.32. The quantitative estimate of drug-likeness (QED) is 0.333. The van der Waals surface area contributed by atoms with Crippen molar-refractivity contribution in [2.24, 2.45) is 0 Å². The van der Waals surface area contributed by atoms with Gasteiger partial charge in [0.2, 0.25) is 11.8 Å². The fraction of sp³-hybridized carbons (Fsp3) is 0.333. The lowest BCUT2D eigenvalue weighted by Gasteiger charge is -2.34. The lowest BCUT2D eigenvalue weighted by Crippen LogP contribution is -2.54. The van der Waals surface area contributed by atoms with Gasteiger partial charge in [-0.05, 0) is 50.5 Å². The normalized spacial score (nSPS) is 12.1. The number of nitrogens with one attached hydrogen (secondary N) is 1. The molecule has 0 saturated heterocycles. The van der Waals surface area contributed by atoms with E-state index in [-0.39, 0.29) is 17.6 Å². The minimum absolute atomic E-state index is 0.0708. The summed E-state index contributed by atoms with van der Waals surface area (Å²) < 4.78 is 0. The molecule has 6 heteroatoms. The summed E-state index contributed by atoms with van der Waals surface area (Å²) in [6.45, 7) is 8.26. The van der Waals surface area contributed by atoms with Gasteiger partial charge >= 0.3 is 0 Å². The Morgan fingerprint density at radius 3 is 2.28 bits per heavy atom. The molecule has 0 aliphatic rings. The topological polar surface area (TPSA) is 49.4 Å². The molecule has 1 atom stereocenters. The molecule has 0 saturated carbocycles. The van der Waals surface area contributed by atoms with Crippen LogP contribution < -0.4 is 5.32 Å². The number of halogens is 1. The van der Waals surface area contributed by atoms with E-state index < -0.39 is 11.6 Å². The highest BCUT2D eigenvalue weighted by atomic mass is 35.5. The van der Waals surface area contributed by atoms with Crippen molar-refractivity contribution < 1.29 is 9.59 Å². The third-order valence-electron chi connectivity index (χ3n) is 5.65. The Morgan fingerprint density at radius 1 is 0.944 bits per heavy atom. The molecule has 3 rings (SSSR count). The first-order valence-electron chi connectivity index (χ1n) is 12.1. The van der Waals surface area contributed by atoms with Crippen LogP contribution in [0.15, 0.2) is 78.9 Å². The summed E-state index contributed by atoms with van der Waals surface area (Å²) in [6.07, 6.45) is 0.440. The van der Waals surface area contributed by atoms with Crippen molar-refractivity contribution in [3.05, 3.63) is 106 Å². The molecular weight excluding hydrogens is 488 g/mol. The molecule has 0 radical (unpaired) electrons. The SMILES string of the molecule is Cc1cccc(CN(C(=O)CSCc2ccccc2Cl)C(Cc2ccccc2)C(=O)NC(C)(C)C)c1. The van der Waals surface area contributed by atoms with E-state index in [1.807, 2.05) is 100 Å². The van der Waals surface area contributed by atoms with Crippen LogP contribution >= 0.6 is 23.4 Å². The zero-order chi connectivity index (χ0) is 26.1. The number of benzene rings is 3. The monoisotopic (exact) mass is 522 g/mol. The molecule has 0 spiro atoms. The van der Waals surface area contributed by atoms with Gasteiger partial charge in [0.05, 0.1) is 5.75 Å². The summed E-state index contributed by atoms with van der Waals surface area (Å²) in [5, 5.41) is 3.80. The van der Waals surface area contributed by atoms with Crippen molar-refractivity contribution in [3.8, 4) is 0 Å². The number of rotatable bonds is 10. The third kappa shape index (κ3) is 8.72. The second-order valence-corrected chi connectivity index (χ2v) is 11.4. The molecule has 190 valence electrons. The van der Waals surface area contributed by atoms with Crippen LogP contribution in [0.2, 0.25) is 5.02 Å². The number of carbonyl (C=O) groups is 2. The number of amides is 2. The number of hydrogen-bond acceptors (Lipinski definition) is 3. The number of aryl methyl sites for hydroxylation is 1. The molecule has 1 N–H and O–H groups in total. The van der Waals surface area contributed by atoms with Gasteiger partial charge in [-0.25, -0.2) is 0 Å². The van der Waals surface area contributed by atoms with Gasteiger partial charge < -0.3 is 10.2 Å². The lowest BCUT2D eigenvalue weighted by atomic mass is 10.0. The van der Waals surface area contributed by atoms with Crippen LogP contribution in [0.4, 0.5) is 0 Å². The molecule has 0 aliphatic carbocycles. The van der Waals surface area contributed by atoms with Crippen LogP contribution in [0.3, 0.4) is 0 Å². The van der Waals surface area contributed by atoms with Crippen LogP contribution in [0.1, 0.15) is 43.0 Å². The van der Waals surface area contributed by atoms with E-state index in [1.165, 1.54) is 11.8 Å². The summed E-state index contributed by atoms with van der Waals surface area (Å²) in [4.78, 5) is 29.0. The molecule has 3 aromatic carbocycles. The zero-order valence-corrected chi connectivity index (χ0v) is 23.0. The van der Waals surface area contributed by atoms with E-state index in [2.05, 4.69) is 11.4 Å². The number of nitrogens with zero attached hydrogens (tertiary/aromatic N) is 1. The van der Waals surface area contributed by atoms with E-state index in [0.29, 0.717) is 23.7 Å². The highest BCUT2D eigenvalue weighted by Crippen LogP contribution is 2.23. The Labute approximate surface area is 224 Å². The molecule has 1 unspecified atom stereocenters. The molecule has 3 aromatic rings. The van der Waals surface area contributed by atoms with Crippen molar-refractivity contribution in [1.82, 2.24) is 10.2 Å². The van der Waals surface area contributed by atoms with Gasteiger partial charge in [-0.1, -0.05) is 90.0 Å². The maximum absolute atomic E-state index is 13.7. The second-order valence-electron chi connectivity index (χ2n) is 10.0. The second kappa shape index (κ2) is 13.0. The Kier molecular flexibility index (Phi) is 10.0. The van der Waals surface area contributed by atoms with Gasteiger partial charge in [0.15, 0.2) is 0 Å². The molecule has 0 aromatic heterocycles. The third-order valence-corrected chi connectivity index (χ3v) is 6.98. The van der Waals surface area contributed by atoms with Gasteiger partial charge in [-0.2, -0.15) is 0 Å². The average molecular weight is 523 g/mol. The number of hydrogen-bond donors (Lipinski definition) is 1. The fourth-order valence-corrected chi connectivity index (χ4v) is 5.16. The average Bonchev–Trinajstić information content (AvgIpc) is 2.82. The molecular formula is C30H35ClN2O2S. The first-order chi connectivity index (χ1) is 17.1. The molecule has 36 heavy (non-hydrogen) atoms. The van der Waals surface area contributed by atoms with E-state index in [1.54, 1.807) is 4.90 Å². The Hall–Kier alpha value is -2.76. The highest BCUT2D eigenvalue weighted by molar-refractivity contribution is 7.99. The van der Waals surface area contributed by atoms with Crippen molar-refractivity contribution in [1.29, 1.82) is 0 Å². The van der Waals surface area contributed by atoms with Gasteiger partial charge in [0.25, 0.3) is 0 Å². The predicted molar refractivity (Wildman–Crippen MR) is 151 cm³/mol. The molecule has 0 bridgehead atoms. The molecule has 0 aliphatic heterocycles. The van der Waals surface area contributed by atoms with E-state index in [9.17, 15) is 9.59 Å². The van der Waals surface area contributed by atoms with Gasteiger partial charge in [-0.3, -0.25) is 9.59 Å². The fourth-order valence-electron chi connectivity index (χ4n) is 3.96. The van der Waals surface area contributed by atoms with E-state index >= 15 is 0 Å². The maximum atomic E-state index is 13.7.